The lowest BCUT2D eigenvalue weighted by Crippen LogP contribution is -2.32. The summed E-state index contributed by atoms with van der Waals surface area (Å²) in [5.41, 5.74) is 3.48. The first-order valence-corrected chi connectivity index (χ1v) is 10.5. The van der Waals surface area contributed by atoms with Crippen molar-refractivity contribution < 1.29 is 19.0 Å². The molecular weight excluding hydrogens is 390 g/mol. The monoisotopic (exact) mass is 417 g/mol. The zero-order chi connectivity index (χ0) is 21.5. The van der Waals surface area contributed by atoms with E-state index in [1.54, 1.807) is 0 Å². The van der Waals surface area contributed by atoms with Gasteiger partial charge in [-0.3, -0.25) is 9.69 Å². The molecular formula is C26H27NO4. The SMILES string of the molecule is COC(=O)C[C@@H](c1ccc2c(c1)OCO2)N(CCc1ccccc1)Cc1ccccc1. The lowest BCUT2D eigenvalue weighted by Gasteiger charge is -2.32. The number of nitrogens with zero attached hydrogens (tertiary/aromatic N) is 1. The maximum Gasteiger partial charge on any atom is 0.307 e. The molecule has 3 aromatic rings. The van der Waals surface area contributed by atoms with Crippen molar-refractivity contribution in [1.29, 1.82) is 0 Å². The van der Waals surface area contributed by atoms with E-state index in [1.165, 1.54) is 18.2 Å². The zero-order valence-electron chi connectivity index (χ0n) is 17.7. The molecule has 0 radical (unpaired) electrons. The summed E-state index contributed by atoms with van der Waals surface area (Å²) in [4.78, 5) is 14.7. The van der Waals surface area contributed by atoms with Crippen LogP contribution in [-0.4, -0.2) is 31.3 Å². The molecule has 160 valence electrons. The number of benzene rings is 3. The Balaban J connectivity index is 1.64. The fourth-order valence-electron chi connectivity index (χ4n) is 3.90. The molecule has 1 aliphatic heterocycles. The van der Waals surface area contributed by atoms with Crippen LogP contribution in [0.5, 0.6) is 11.5 Å². The topological polar surface area (TPSA) is 48.0 Å². The number of hydrogen-bond acceptors (Lipinski definition) is 5. The third-order valence-electron chi connectivity index (χ3n) is 5.57. The van der Waals surface area contributed by atoms with E-state index in [0.717, 1.165) is 36.6 Å². The minimum Gasteiger partial charge on any atom is -0.469 e. The number of ether oxygens (including phenoxy) is 3. The summed E-state index contributed by atoms with van der Waals surface area (Å²) in [6.07, 6.45) is 1.15. The van der Waals surface area contributed by atoms with Gasteiger partial charge in [0.2, 0.25) is 6.79 Å². The molecule has 0 aromatic heterocycles. The maximum atomic E-state index is 12.4. The second kappa shape index (κ2) is 10.1. The highest BCUT2D eigenvalue weighted by Crippen LogP contribution is 2.37. The molecule has 4 rings (SSSR count). The van der Waals surface area contributed by atoms with E-state index in [0.29, 0.717) is 0 Å². The average Bonchev–Trinajstić information content (AvgIpc) is 3.29. The van der Waals surface area contributed by atoms with Gasteiger partial charge in [-0.2, -0.15) is 0 Å². The molecule has 0 amide bonds. The summed E-state index contributed by atoms with van der Waals surface area (Å²) in [7, 11) is 1.44. The van der Waals surface area contributed by atoms with Gasteiger partial charge >= 0.3 is 5.97 Å². The highest BCUT2D eigenvalue weighted by Gasteiger charge is 2.26. The lowest BCUT2D eigenvalue weighted by atomic mass is 9.99. The van der Waals surface area contributed by atoms with Crippen molar-refractivity contribution in [3.05, 3.63) is 95.6 Å². The van der Waals surface area contributed by atoms with Crippen molar-refractivity contribution in [1.82, 2.24) is 4.90 Å². The van der Waals surface area contributed by atoms with Gasteiger partial charge in [0.1, 0.15) is 0 Å². The molecule has 0 unspecified atom stereocenters. The normalized spacial score (nSPS) is 13.2. The molecule has 31 heavy (non-hydrogen) atoms. The fraction of sp³-hybridized carbons (Fsp3) is 0.269. The van der Waals surface area contributed by atoms with Crippen LogP contribution in [-0.2, 0) is 22.5 Å². The fourth-order valence-corrected chi connectivity index (χ4v) is 3.90. The molecule has 0 aliphatic carbocycles. The van der Waals surface area contributed by atoms with Crippen molar-refractivity contribution in [3.8, 4) is 11.5 Å². The van der Waals surface area contributed by atoms with E-state index < -0.39 is 0 Å². The van der Waals surface area contributed by atoms with Gasteiger partial charge in [0, 0.05) is 19.1 Å². The number of rotatable bonds is 9. The van der Waals surface area contributed by atoms with E-state index >= 15 is 0 Å². The molecule has 3 aromatic carbocycles. The Morgan fingerprint density at radius 3 is 2.32 bits per heavy atom. The molecule has 1 atom stereocenters. The molecule has 1 heterocycles. The largest absolute Gasteiger partial charge is 0.469 e. The van der Waals surface area contributed by atoms with Crippen molar-refractivity contribution >= 4 is 5.97 Å². The molecule has 0 fully saturated rings. The molecule has 0 spiro atoms. The summed E-state index contributed by atoms with van der Waals surface area (Å²) >= 11 is 0. The van der Waals surface area contributed by atoms with Gasteiger partial charge < -0.3 is 14.2 Å². The summed E-state index contributed by atoms with van der Waals surface area (Å²) in [6, 6.07) is 26.5. The second-order valence-corrected chi connectivity index (χ2v) is 7.60. The number of carbonyl (C=O) groups excluding carboxylic acids is 1. The molecule has 5 heteroatoms. The third kappa shape index (κ3) is 5.44. The lowest BCUT2D eigenvalue weighted by molar-refractivity contribution is -0.142. The summed E-state index contributed by atoms with van der Waals surface area (Å²) < 4.78 is 16.1. The zero-order valence-corrected chi connectivity index (χ0v) is 17.7. The Morgan fingerprint density at radius 2 is 1.61 bits per heavy atom. The van der Waals surface area contributed by atoms with Crippen LogP contribution in [0.3, 0.4) is 0 Å². The van der Waals surface area contributed by atoms with Crippen LogP contribution in [0.15, 0.2) is 78.9 Å². The van der Waals surface area contributed by atoms with Crippen LogP contribution >= 0.6 is 0 Å². The van der Waals surface area contributed by atoms with Gasteiger partial charge in [0.15, 0.2) is 11.5 Å². The van der Waals surface area contributed by atoms with E-state index in [1.807, 2.05) is 42.5 Å². The maximum absolute atomic E-state index is 12.4. The Labute approximate surface area is 183 Å². The summed E-state index contributed by atoms with van der Waals surface area (Å²) in [5, 5.41) is 0. The van der Waals surface area contributed by atoms with Crippen LogP contribution in [0.4, 0.5) is 0 Å². The molecule has 0 saturated heterocycles. The molecule has 0 N–H and O–H groups in total. The van der Waals surface area contributed by atoms with E-state index in [-0.39, 0.29) is 25.2 Å². The predicted molar refractivity (Wildman–Crippen MR) is 119 cm³/mol. The van der Waals surface area contributed by atoms with Crippen molar-refractivity contribution in [3.63, 3.8) is 0 Å². The van der Waals surface area contributed by atoms with Gasteiger partial charge in [-0.15, -0.1) is 0 Å². The van der Waals surface area contributed by atoms with E-state index in [9.17, 15) is 4.79 Å². The number of esters is 1. The summed E-state index contributed by atoms with van der Waals surface area (Å²) in [6.45, 7) is 1.75. The standard InChI is InChI=1S/C26H27NO4/c1-29-26(28)17-23(22-12-13-24-25(16-22)31-19-30-24)27(18-21-10-6-3-7-11-21)15-14-20-8-4-2-5-9-20/h2-13,16,23H,14-15,17-19H2,1H3/t23-/m0/s1. The van der Waals surface area contributed by atoms with Crippen LogP contribution in [0.25, 0.3) is 0 Å². The van der Waals surface area contributed by atoms with Crippen LogP contribution in [0.1, 0.15) is 29.2 Å². The minimum absolute atomic E-state index is 0.147. The van der Waals surface area contributed by atoms with Gasteiger partial charge in [0.25, 0.3) is 0 Å². The number of fused-ring (bicyclic) bond motifs is 1. The number of hydrogen-bond donors (Lipinski definition) is 0. The molecule has 1 aliphatic rings. The first-order valence-electron chi connectivity index (χ1n) is 10.5. The first-order chi connectivity index (χ1) is 15.2. The van der Waals surface area contributed by atoms with Crippen molar-refractivity contribution in [2.75, 3.05) is 20.4 Å². The molecule has 5 nitrogen and oxygen atoms in total. The second-order valence-electron chi connectivity index (χ2n) is 7.60. The molecule has 0 saturated carbocycles. The highest BCUT2D eigenvalue weighted by atomic mass is 16.7. The van der Waals surface area contributed by atoms with Crippen LogP contribution < -0.4 is 9.47 Å². The van der Waals surface area contributed by atoms with Gasteiger partial charge in [-0.1, -0.05) is 66.7 Å². The Hall–Kier alpha value is -3.31. The summed E-state index contributed by atoms with van der Waals surface area (Å²) in [5.74, 6) is 1.22. The van der Waals surface area contributed by atoms with Crippen molar-refractivity contribution in [2.24, 2.45) is 0 Å². The quantitative estimate of drug-likeness (QED) is 0.470. The van der Waals surface area contributed by atoms with E-state index in [2.05, 4.69) is 41.3 Å². The third-order valence-corrected chi connectivity index (χ3v) is 5.57. The Kier molecular flexibility index (Phi) is 6.85. The Morgan fingerprint density at radius 1 is 0.935 bits per heavy atom. The average molecular weight is 418 g/mol. The van der Waals surface area contributed by atoms with Gasteiger partial charge in [0.05, 0.1) is 13.5 Å². The van der Waals surface area contributed by atoms with Crippen molar-refractivity contribution in [2.45, 2.75) is 25.4 Å². The minimum atomic E-state index is -0.236. The smallest absolute Gasteiger partial charge is 0.307 e. The van der Waals surface area contributed by atoms with Crippen LogP contribution in [0, 0.1) is 0 Å². The predicted octanol–water partition coefficient (Wildman–Crippen LogP) is 4.76. The van der Waals surface area contributed by atoms with Crippen LogP contribution in [0.2, 0.25) is 0 Å². The van der Waals surface area contributed by atoms with Gasteiger partial charge in [-0.25, -0.2) is 0 Å². The Bertz CT molecular complexity index is 991. The first kappa shape index (κ1) is 20.9. The van der Waals surface area contributed by atoms with Gasteiger partial charge in [-0.05, 0) is 35.2 Å². The molecule has 0 bridgehead atoms. The van der Waals surface area contributed by atoms with E-state index in [4.69, 9.17) is 14.2 Å². The number of carbonyl (C=O) groups is 1. The number of methoxy groups -OCH3 is 1. The highest BCUT2D eigenvalue weighted by molar-refractivity contribution is 5.70.